The molecule has 0 aliphatic carbocycles. The largest absolute Gasteiger partial charge is 0.381 e. The molecule has 0 amide bonds. The van der Waals surface area contributed by atoms with Crippen molar-refractivity contribution in [1.82, 2.24) is 5.32 Å². The molecule has 0 aromatic rings. The lowest BCUT2D eigenvalue weighted by atomic mass is 10.1. The van der Waals surface area contributed by atoms with Crippen molar-refractivity contribution < 1.29 is 4.74 Å². The van der Waals surface area contributed by atoms with E-state index in [1.165, 1.54) is 12.8 Å². The maximum Gasteiger partial charge on any atom is 0.0507 e. The molecule has 0 spiro atoms. The molecular weight excluding hydrogens is 176 g/mol. The molecule has 2 atom stereocenters. The molecule has 1 aliphatic heterocycles. The molecule has 1 rings (SSSR count). The summed E-state index contributed by atoms with van der Waals surface area (Å²) in [5, 5.41) is 3.46. The highest BCUT2D eigenvalue weighted by Crippen LogP contribution is 2.10. The van der Waals surface area contributed by atoms with E-state index in [1.807, 2.05) is 0 Å². The second kappa shape index (κ2) is 7.21. The van der Waals surface area contributed by atoms with E-state index < -0.39 is 0 Å². The van der Waals surface area contributed by atoms with E-state index in [9.17, 15) is 0 Å². The molecule has 1 aliphatic rings. The van der Waals surface area contributed by atoms with Crippen LogP contribution in [0.4, 0.5) is 0 Å². The summed E-state index contributed by atoms with van der Waals surface area (Å²) >= 11 is 0. The van der Waals surface area contributed by atoms with Crippen molar-refractivity contribution in [2.45, 2.75) is 38.6 Å². The molecule has 0 bridgehead atoms. The number of nitrogens with two attached hydrogens (primary N) is 1. The van der Waals surface area contributed by atoms with Crippen molar-refractivity contribution >= 4 is 0 Å². The molecule has 0 aromatic carbocycles. The van der Waals surface area contributed by atoms with Gasteiger partial charge in [0.2, 0.25) is 0 Å². The number of ether oxygens (including phenoxy) is 1. The average molecular weight is 200 g/mol. The maximum atomic E-state index is 5.91. The summed E-state index contributed by atoms with van der Waals surface area (Å²) in [5.74, 6) is 0.734. The third kappa shape index (κ3) is 4.94. The summed E-state index contributed by atoms with van der Waals surface area (Å²) in [6.45, 7) is 6.22. The molecule has 3 N–H and O–H groups in total. The molecule has 84 valence electrons. The van der Waals surface area contributed by atoms with Crippen LogP contribution in [0.1, 0.15) is 32.6 Å². The monoisotopic (exact) mass is 200 g/mol. The first-order valence-electron chi connectivity index (χ1n) is 5.87. The van der Waals surface area contributed by atoms with Gasteiger partial charge in [-0.1, -0.05) is 13.3 Å². The van der Waals surface area contributed by atoms with E-state index in [0.717, 1.165) is 45.1 Å². The highest BCUT2D eigenvalue weighted by atomic mass is 16.5. The molecule has 1 fully saturated rings. The minimum atomic E-state index is 0.382. The van der Waals surface area contributed by atoms with Crippen LogP contribution in [-0.4, -0.2) is 32.3 Å². The standard InChI is InChI=1S/C11H24N2O/c1-2-3-11(12)4-6-13-8-10-5-7-14-9-10/h10-11,13H,2-9,12H2,1H3. The smallest absolute Gasteiger partial charge is 0.0507 e. The van der Waals surface area contributed by atoms with Crippen LogP contribution in [0.5, 0.6) is 0 Å². The Balaban J connectivity index is 1.88. The fourth-order valence-electron chi connectivity index (χ4n) is 1.85. The van der Waals surface area contributed by atoms with Gasteiger partial charge in [-0.15, -0.1) is 0 Å². The summed E-state index contributed by atoms with van der Waals surface area (Å²) in [4.78, 5) is 0. The van der Waals surface area contributed by atoms with Crippen LogP contribution in [0.2, 0.25) is 0 Å². The first-order chi connectivity index (χ1) is 6.83. The van der Waals surface area contributed by atoms with E-state index in [4.69, 9.17) is 10.5 Å². The molecule has 0 saturated carbocycles. The Morgan fingerprint density at radius 3 is 3.00 bits per heavy atom. The maximum absolute atomic E-state index is 5.91. The number of hydrogen-bond acceptors (Lipinski definition) is 3. The summed E-state index contributed by atoms with van der Waals surface area (Å²) < 4.78 is 5.31. The van der Waals surface area contributed by atoms with Crippen LogP contribution < -0.4 is 11.1 Å². The molecule has 0 aromatic heterocycles. The van der Waals surface area contributed by atoms with Crippen molar-refractivity contribution in [2.75, 3.05) is 26.3 Å². The van der Waals surface area contributed by atoms with Crippen LogP contribution in [0.25, 0.3) is 0 Å². The molecule has 14 heavy (non-hydrogen) atoms. The van der Waals surface area contributed by atoms with Gasteiger partial charge in [-0.05, 0) is 31.7 Å². The Morgan fingerprint density at radius 1 is 1.50 bits per heavy atom. The predicted octanol–water partition coefficient (Wildman–Crippen LogP) is 1.13. The number of rotatable bonds is 7. The van der Waals surface area contributed by atoms with Gasteiger partial charge in [-0.2, -0.15) is 0 Å². The van der Waals surface area contributed by atoms with Crippen molar-refractivity contribution in [3.05, 3.63) is 0 Å². The molecule has 1 saturated heterocycles. The zero-order valence-electron chi connectivity index (χ0n) is 9.30. The van der Waals surface area contributed by atoms with E-state index >= 15 is 0 Å². The van der Waals surface area contributed by atoms with E-state index in [1.54, 1.807) is 0 Å². The second-order valence-electron chi connectivity index (χ2n) is 4.27. The van der Waals surface area contributed by atoms with Gasteiger partial charge in [0, 0.05) is 19.2 Å². The third-order valence-electron chi connectivity index (χ3n) is 2.81. The number of hydrogen-bond donors (Lipinski definition) is 2. The Bertz CT molecular complexity index is 135. The first-order valence-corrected chi connectivity index (χ1v) is 5.87. The lowest BCUT2D eigenvalue weighted by molar-refractivity contribution is 0.185. The van der Waals surface area contributed by atoms with Crippen molar-refractivity contribution in [2.24, 2.45) is 11.7 Å². The molecule has 3 heteroatoms. The van der Waals surface area contributed by atoms with Gasteiger partial charge in [-0.25, -0.2) is 0 Å². The van der Waals surface area contributed by atoms with Gasteiger partial charge < -0.3 is 15.8 Å². The highest BCUT2D eigenvalue weighted by Gasteiger charge is 2.14. The van der Waals surface area contributed by atoms with Gasteiger partial charge in [-0.3, -0.25) is 0 Å². The third-order valence-corrected chi connectivity index (χ3v) is 2.81. The van der Waals surface area contributed by atoms with Gasteiger partial charge in [0.15, 0.2) is 0 Å². The fourth-order valence-corrected chi connectivity index (χ4v) is 1.85. The quantitative estimate of drug-likeness (QED) is 0.606. The Hall–Kier alpha value is -0.120. The van der Waals surface area contributed by atoms with Crippen LogP contribution in [-0.2, 0) is 4.74 Å². The topological polar surface area (TPSA) is 47.3 Å². The molecule has 2 unspecified atom stereocenters. The normalized spacial score (nSPS) is 24.0. The van der Waals surface area contributed by atoms with Crippen LogP contribution >= 0.6 is 0 Å². The van der Waals surface area contributed by atoms with Gasteiger partial charge in [0.1, 0.15) is 0 Å². The van der Waals surface area contributed by atoms with Crippen LogP contribution in [0.3, 0.4) is 0 Å². The zero-order valence-corrected chi connectivity index (χ0v) is 9.30. The summed E-state index contributed by atoms with van der Waals surface area (Å²) in [7, 11) is 0. The molecule has 3 nitrogen and oxygen atoms in total. The van der Waals surface area contributed by atoms with Crippen LogP contribution in [0.15, 0.2) is 0 Å². The van der Waals surface area contributed by atoms with E-state index in [2.05, 4.69) is 12.2 Å². The Kier molecular flexibility index (Phi) is 6.15. The lowest BCUT2D eigenvalue weighted by Gasteiger charge is -2.12. The fraction of sp³-hybridized carbons (Fsp3) is 1.00. The molecule has 1 heterocycles. The van der Waals surface area contributed by atoms with E-state index in [0.29, 0.717) is 6.04 Å². The minimum absolute atomic E-state index is 0.382. The molecule has 0 radical (unpaired) electrons. The minimum Gasteiger partial charge on any atom is -0.381 e. The summed E-state index contributed by atoms with van der Waals surface area (Å²) in [6, 6.07) is 0.382. The second-order valence-corrected chi connectivity index (χ2v) is 4.27. The van der Waals surface area contributed by atoms with E-state index in [-0.39, 0.29) is 0 Å². The summed E-state index contributed by atoms with van der Waals surface area (Å²) in [6.07, 6.45) is 4.65. The van der Waals surface area contributed by atoms with Gasteiger partial charge >= 0.3 is 0 Å². The Labute approximate surface area is 87.4 Å². The lowest BCUT2D eigenvalue weighted by Crippen LogP contribution is -2.29. The SMILES string of the molecule is CCCC(N)CCNCC1CCOC1. The average Bonchev–Trinajstić information content (AvgIpc) is 2.65. The first kappa shape index (κ1) is 12.0. The molecular formula is C11H24N2O. The summed E-state index contributed by atoms with van der Waals surface area (Å²) in [5.41, 5.74) is 5.91. The predicted molar refractivity (Wildman–Crippen MR) is 59.3 cm³/mol. The Morgan fingerprint density at radius 2 is 2.36 bits per heavy atom. The number of nitrogens with one attached hydrogen (secondary N) is 1. The van der Waals surface area contributed by atoms with Gasteiger partial charge in [0.25, 0.3) is 0 Å². The zero-order chi connectivity index (χ0) is 10.2. The van der Waals surface area contributed by atoms with Crippen molar-refractivity contribution in [3.63, 3.8) is 0 Å². The highest BCUT2D eigenvalue weighted by molar-refractivity contribution is 4.68. The van der Waals surface area contributed by atoms with Crippen molar-refractivity contribution in [1.29, 1.82) is 0 Å². The van der Waals surface area contributed by atoms with Crippen LogP contribution in [0, 0.1) is 5.92 Å². The van der Waals surface area contributed by atoms with Crippen molar-refractivity contribution in [3.8, 4) is 0 Å². The van der Waals surface area contributed by atoms with Gasteiger partial charge in [0.05, 0.1) is 6.61 Å².